The lowest BCUT2D eigenvalue weighted by atomic mass is 9.67. The number of para-hydroxylation sites is 2. The predicted molar refractivity (Wildman–Crippen MR) is 261 cm³/mol. The molecular formula is C61H45NO. The topological polar surface area (TPSA) is 16.4 Å². The lowest BCUT2D eigenvalue weighted by molar-refractivity contribution is 0.601. The standard InChI is InChI=1S/C61H45NO/c1-59(2)48-29-14-11-25-42(48)44-33-34-45-43-28-18-31-51(56(43)60(3,4)58(45)57(44)59)62(40-22-9-6-10-23-40)41-24-17-21-39(37-41)61(38-19-7-5-8-20-38)49-30-15-12-26-46(49)54-50(61)35-36-53-55(54)47-27-13-16-32-52(47)63-53/h5-37H,1-4H3. The third-order valence-corrected chi connectivity index (χ3v) is 14.9. The number of fused-ring (bicyclic) bond motifs is 14. The molecule has 2 nitrogen and oxygen atoms in total. The molecule has 9 aromatic carbocycles. The second-order valence-corrected chi connectivity index (χ2v) is 18.7. The number of rotatable bonds is 5. The van der Waals surface area contributed by atoms with Gasteiger partial charge in [0.2, 0.25) is 0 Å². The molecule has 0 radical (unpaired) electrons. The first kappa shape index (κ1) is 36.3. The molecule has 13 rings (SSSR count). The monoisotopic (exact) mass is 807 g/mol. The molecule has 0 saturated carbocycles. The van der Waals surface area contributed by atoms with Crippen LogP contribution >= 0.6 is 0 Å². The minimum atomic E-state index is -0.604. The van der Waals surface area contributed by atoms with Crippen molar-refractivity contribution in [2.24, 2.45) is 0 Å². The van der Waals surface area contributed by atoms with Gasteiger partial charge in [0.25, 0.3) is 0 Å². The fraction of sp³-hybridized carbons (Fsp3) is 0.115. The van der Waals surface area contributed by atoms with Gasteiger partial charge in [-0.3, -0.25) is 0 Å². The van der Waals surface area contributed by atoms with E-state index in [4.69, 9.17) is 4.42 Å². The molecule has 1 atom stereocenters. The lowest BCUT2D eigenvalue weighted by Gasteiger charge is -2.36. The van der Waals surface area contributed by atoms with Crippen LogP contribution in [0, 0.1) is 0 Å². The highest BCUT2D eigenvalue weighted by molar-refractivity contribution is 6.15. The molecule has 1 unspecified atom stereocenters. The first-order valence-electron chi connectivity index (χ1n) is 22.3. The molecule has 3 aliphatic rings. The third-order valence-electron chi connectivity index (χ3n) is 14.9. The van der Waals surface area contributed by atoms with Crippen LogP contribution in [0.1, 0.15) is 72.2 Å². The smallest absolute Gasteiger partial charge is 0.136 e. The van der Waals surface area contributed by atoms with E-state index in [1.54, 1.807) is 0 Å². The molecule has 0 bridgehead atoms. The summed E-state index contributed by atoms with van der Waals surface area (Å²) in [5.74, 6) is 0. The van der Waals surface area contributed by atoms with Crippen molar-refractivity contribution in [1.29, 1.82) is 0 Å². The average Bonchev–Trinajstić information content (AvgIpc) is 3.99. The fourth-order valence-corrected chi connectivity index (χ4v) is 12.4. The zero-order chi connectivity index (χ0) is 42.2. The van der Waals surface area contributed by atoms with Gasteiger partial charge >= 0.3 is 0 Å². The van der Waals surface area contributed by atoms with Gasteiger partial charge < -0.3 is 9.32 Å². The maximum absolute atomic E-state index is 6.54. The lowest BCUT2D eigenvalue weighted by Crippen LogP contribution is -2.29. The van der Waals surface area contributed by atoms with Gasteiger partial charge in [0.15, 0.2) is 0 Å². The molecule has 0 N–H and O–H groups in total. The summed E-state index contributed by atoms with van der Waals surface area (Å²) in [5.41, 5.74) is 22.8. The van der Waals surface area contributed by atoms with E-state index in [9.17, 15) is 0 Å². The Morgan fingerprint density at radius 1 is 0.381 bits per heavy atom. The minimum Gasteiger partial charge on any atom is -0.456 e. The highest BCUT2D eigenvalue weighted by Crippen LogP contribution is 2.62. The summed E-state index contributed by atoms with van der Waals surface area (Å²) in [6.07, 6.45) is 0. The zero-order valence-electron chi connectivity index (χ0n) is 35.9. The Bertz CT molecular complexity index is 3520. The normalized spacial score (nSPS) is 16.9. The maximum atomic E-state index is 6.54. The van der Waals surface area contributed by atoms with Gasteiger partial charge in [-0.05, 0) is 120 Å². The second kappa shape index (κ2) is 12.8. The highest BCUT2D eigenvalue weighted by Gasteiger charge is 2.49. The van der Waals surface area contributed by atoms with Crippen molar-refractivity contribution in [2.75, 3.05) is 4.90 Å². The molecule has 0 saturated heterocycles. The van der Waals surface area contributed by atoms with Crippen LogP contribution in [0.4, 0.5) is 17.1 Å². The number of hydrogen-bond acceptors (Lipinski definition) is 2. The molecule has 3 aliphatic carbocycles. The van der Waals surface area contributed by atoms with Gasteiger partial charge in [-0.1, -0.05) is 185 Å². The Hall–Kier alpha value is -7.42. The summed E-state index contributed by atoms with van der Waals surface area (Å²) in [6, 6.07) is 74.3. The summed E-state index contributed by atoms with van der Waals surface area (Å²) in [5, 5.41) is 2.32. The Kier molecular flexibility index (Phi) is 7.37. The van der Waals surface area contributed by atoms with E-state index >= 15 is 0 Å². The maximum Gasteiger partial charge on any atom is 0.136 e. The first-order valence-corrected chi connectivity index (χ1v) is 22.3. The van der Waals surface area contributed by atoms with E-state index in [-0.39, 0.29) is 10.8 Å². The molecule has 0 spiro atoms. The Morgan fingerprint density at radius 3 is 1.78 bits per heavy atom. The van der Waals surface area contributed by atoms with Crippen molar-refractivity contribution in [3.8, 4) is 33.4 Å². The number of hydrogen-bond donors (Lipinski definition) is 0. The van der Waals surface area contributed by atoms with Crippen LogP contribution in [-0.4, -0.2) is 0 Å². The van der Waals surface area contributed by atoms with Crippen LogP contribution in [0.3, 0.4) is 0 Å². The molecule has 1 aromatic heterocycles. The van der Waals surface area contributed by atoms with E-state index in [2.05, 4.69) is 233 Å². The first-order chi connectivity index (χ1) is 30.8. The van der Waals surface area contributed by atoms with Crippen molar-refractivity contribution < 1.29 is 4.42 Å². The predicted octanol–water partition coefficient (Wildman–Crippen LogP) is 16.0. The third kappa shape index (κ3) is 4.68. The number of furan rings is 1. The molecule has 300 valence electrons. The van der Waals surface area contributed by atoms with Gasteiger partial charge in [-0.15, -0.1) is 0 Å². The number of nitrogens with zero attached hydrogens (tertiary/aromatic N) is 1. The molecule has 10 aromatic rings. The molecule has 0 fully saturated rings. The van der Waals surface area contributed by atoms with Crippen LogP contribution in [-0.2, 0) is 16.2 Å². The number of anilines is 3. The Balaban J connectivity index is 1.06. The Morgan fingerprint density at radius 2 is 0.968 bits per heavy atom. The van der Waals surface area contributed by atoms with E-state index in [1.807, 2.05) is 0 Å². The summed E-state index contributed by atoms with van der Waals surface area (Å²) in [7, 11) is 0. The van der Waals surface area contributed by atoms with Crippen LogP contribution in [0.25, 0.3) is 55.3 Å². The van der Waals surface area contributed by atoms with Crippen LogP contribution in [0.2, 0.25) is 0 Å². The molecule has 1 heterocycles. The molecule has 0 amide bonds. The van der Waals surface area contributed by atoms with Gasteiger partial charge in [-0.2, -0.15) is 0 Å². The quantitative estimate of drug-likeness (QED) is 0.172. The van der Waals surface area contributed by atoms with Crippen molar-refractivity contribution in [2.45, 2.75) is 43.9 Å². The summed E-state index contributed by atoms with van der Waals surface area (Å²) >= 11 is 0. The fourth-order valence-electron chi connectivity index (χ4n) is 12.4. The largest absolute Gasteiger partial charge is 0.456 e. The molecular weight excluding hydrogens is 763 g/mol. The van der Waals surface area contributed by atoms with Crippen LogP contribution < -0.4 is 4.90 Å². The van der Waals surface area contributed by atoms with E-state index < -0.39 is 5.41 Å². The van der Waals surface area contributed by atoms with Crippen LogP contribution in [0.15, 0.2) is 205 Å². The minimum absolute atomic E-state index is 0.127. The van der Waals surface area contributed by atoms with Crippen molar-refractivity contribution in [1.82, 2.24) is 0 Å². The SMILES string of the molecule is CC1(C)c2ccccc2-c2ccc3c(c21)C(C)(C)c1c-3cccc1N(c1ccccc1)c1cccc(C2(c3ccccc3)c3ccccc3-c3c2ccc2oc4ccccc4c32)c1. The zero-order valence-corrected chi connectivity index (χ0v) is 35.9. The van der Waals surface area contributed by atoms with Gasteiger partial charge in [-0.25, -0.2) is 0 Å². The highest BCUT2D eigenvalue weighted by atomic mass is 16.3. The van der Waals surface area contributed by atoms with E-state index in [0.717, 1.165) is 27.9 Å². The average molecular weight is 808 g/mol. The Labute approximate surface area is 368 Å². The summed E-state index contributed by atoms with van der Waals surface area (Å²) < 4.78 is 6.54. The molecule has 2 heteroatoms. The van der Waals surface area contributed by atoms with Crippen molar-refractivity contribution in [3.63, 3.8) is 0 Å². The van der Waals surface area contributed by atoms with Crippen molar-refractivity contribution >= 4 is 39.0 Å². The van der Waals surface area contributed by atoms with Gasteiger partial charge in [0, 0.05) is 33.0 Å². The second-order valence-electron chi connectivity index (χ2n) is 18.7. The number of benzene rings is 9. The van der Waals surface area contributed by atoms with Gasteiger partial charge in [0.05, 0.1) is 11.1 Å². The molecule has 0 aliphatic heterocycles. The van der Waals surface area contributed by atoms with E-state index in [0.29, 0.717) is 0 Å². The van der Waals surface area contributed by atoms with Gasteiger partial charge in [0.1, 0.15) is 11.2 Å². The van der Waals surface area contributed by atoms with Crippen LogP contribution in [0.5, 0.6) is 0 Å². The summed E-state index contributed by atoms with van der Waals surface area (Å²) in [6.45, 7) is 9.75. The summed E-state index contributed by atoms with van der Waals surface area (Å²) in [4.78, 5) is 2.52. The molecule has 63 heavy (non-hydrogen) atoms. The van der Waals surface area contributed by atoms with Crippen molar-refractivity contribution in [3.05, 3.63) is 245 Å². The van der Waals surface area contributed by atoms with E-state index in [1.165, 1.54) is 89.0 Å².